The van der Waals surface area contributed by atoms with Gasteiger partial charge in [0.1, 0.15) is 10.6 Å². The van der Waals surface area contributed by atoms with Crippen LogP contribution in [0, 0.1) is 0 Å². The molecule has 140 valence electrons. The van der Waals surface area contributed by atoms with E-state index in [1.54, 1.807) is 0 Å². The van der Waals surface area contributed by atoms with Crippen LogP contribution in [0.4, 0.5) is 0 Å². The maximum absolute atomic E-state index is 12.8. The molecule has 26 heavy (non-hydrogen) atoms. The van der Waals surface area contributed by atoms with Crippen molar-refractivity contribution < 1.29 is 18.0 Å². The molecular weight excluding hydrogens is 403 g/mol. The second kappa shape index (κ2) is 7.51. The van der Waals surface area contributed by atoms with E-state index in [1.165, 1.54) is 27.4 Å². The number of halogens is 2. The SMILES string of the molecule is O=C1CCC(C(=O)N2CCN(S(=O)(=O)c3cccc(Cl)c3Cl)CC2)=NN1. The van der Waals surface area contributed by atoms with Gasteiger partial charge in [-0.3, -0.25) is 9.59 Å². The molecule has 0 spiro atoms. The number of piperazine rings is 1. The van der Waals surface area contributed by atoms with Crippen LogP contribution in [0.25, 0.3) is 0 Å². The third kappa shape index (κ3) is 3.71. The van der Waals surface area contributed by atoms with Crippen LogP contribution in [0.2, 0.25) is 10.0 Å². The molecular formula is C15H16Cl2N4O4S. The summed E-state index contributed by atoms with van der Waals surface area (Å²) in [5.74, 6) is -0.515. The van der Waals surface area contributed by atoms with Crippen LogP contribution in [0.1, 0.15) is 12.8 Å². The lowest BCUT2D eigenvalue weighted by Crippen LogP contribution is -2.52. The predicted octanol–water partition coefficient (Wildman–Crippen LogP) is 1.09. The molecule has 0 aromatic heterocycles. The van der Waals surface area contributed by atoms with Gasteiger partial charge in [0, 0.05) is 39.0 Å². The maximum atomic E-state index is 12.8. The van der Waals surface area contributed by atoms with Crippen molar-refractivity contribution in [2.45, 2.75) is 17.7 Å². The van der Waals surface area contributed by atoms with E-state index < -0.39 is 10.0 Å². The van der Waals surface area contributed by atoms with Gasteiger partial charge >= 0.3 is 0 Å². The molecule has 2 aliphatic rings. The van der Waals surface area contributed by atoms with Crippen LogP contribution in [0.15, 0.2) is 28.2 Å². The highest BCUT2D eigenvalue weighted by Crippen LogP contribution is 2.31. The molecule has 1 fully saturated rings. The van der Waals surface area contributed by atoms with Gasteiger partial charge in [-0.1, -0.05) is 29.3 Å². The topological polar surface area (TPSA) is 99.2 Å². The molecule has 0 aliphatic carbocycles. The van der Waals surface area contributed by atoms with E-state index in [9.17, 15) is 18.0 Å². The van der Waals surface area contributed by atoms with Crippen LogP contribution < -0.4 is 5.43 Å². The Balaban J connectivity index is 1.69. The van der Waals surface area contributed by atoms with E-state index in [0.29, 0.717) is 0 Å². The lowest BCUT2D eigenvalue weighted by Gasteiger charge is -2.34. The van der Waals surface area contributed by atoms with Crippen molar-refractivity contribution in [2.75, 3.05) is 26.2 Å². The second-order valence-corrected chi connectivity index (χ2v) is 8.53. The fourth-order valence-corrected chi connectivity index (χ4v) is 4.92. The van der Waals surface area contributed by atoms with Gasteiger partial charge in [-0.15, -0.1) is 0 Å². The van der Waals surface area contributed by atoms with E-state index in [2.05, 4.69) is 10.5 Å². The number of hydrogen-bond donors (Lipinski definition) is 1. The maximum Gasteiger partial charge on any atom is 0.270 e. The van der Waals surface area contributed by atoms with Gasteiger partial charge in [0.15, 0.2) is 0 Å². The number of benzene rings is 1. The summed E-state index contributed by atoms with van der Waals surface area (Å²) in [6.45, 7) is 0.722. The zero-order valence-electron chi connectivity index (χ0n) is 13.6. The minimum absolute atomic E-state index is 0.0139. The molecule has 0 atom stereocenters. The Bertz CT molecular complexity index is 880. The number of carbonyl (C=O) groups excluding carboxylic acids is 2. The zero-order valence-corrected chi connectivity index (χ0v) is 15.9. The summed E-state index contributed by atoms with van der Waals surface area (Å²) in [4.78, 5) is 25.0. The molecule has 2 heterocycles. The first-order valence-corrected chi connectivity index (χ1v) is 10.1. The summed E-state index contributed by atoms with van der Waals surface area (Å²) in [5.41, 5.74) is 2.56. The third-order valence-electron chi connectivity index (χ3n) is 4.21. The molecule has 2 amide bonds. The smallest absolute Gasteiger partial charge is 0.270 e. The summed E-state index contributed by atoms with van der Waals surface area (Å²) in [7, 11) is -3.80. The van der Waals surface area contributed by atoms with Gasteiger partial charge in [-0.05, 0) is 12.1 Å². The van der Waals surface area contributed by atoms with Crippen molar-refractivity contribution in [3.8, 4) is 0 Å². The summed E-state index contributed by atoms with van der Waals surface area (Å²) in [5, 5.41) is 3.94. The van der Waals surface area contributed by atoms with Gasteiger partial charge in [-0.2, -0.15) is 9.41 Å². The first-order chi connectivity index (χ1) is 12.3. The molecule has 1 aromatic rings. The number of nitrogens with one attached hydrogen (secondary N) is 1. The van der Waals surface area contributed by atoms with E-state index >= 15 is 0 Å². The number of hydrogen-bond acceptors (Lipinski definition) is 5. The number of rotatable bonds is 3. The lowest BCUT2D eigenvalue weighted by molar-refractivity contribution is -0.125. The lowest BCUT2D eigenvalue weighted by atomic mass is 10.1. The molecule has 0 saturated carbocycles. The van der Waals surface area contributed by atoms with Crippen molar-refractivity contribution in [1.29, 1.82) is 0 Å². The van der Waals surface area contributed by atoms with Crippen LogP contribution in [0.3, 0.4) is 0 Å². The Morgan fingerprint density at radius 1 is 1.12 bits per heavy atom. The monoisotopic (exact) mass is 418 g/mol. The molecule has 1 saturated heterocycles. The first kappa shape index (κ1) is 19.1. The summed E-state index contributed by atoms with van der Waals surface area (Å²) in [6, 6.07) is 4.44. The highest BCUT2D eigenvalue weighted by Gasteiger charge is 2.33. The second-order valence-electron chi connectivity index (χ2n) is 5.84. The van der Waals surface area contributed by atoms with Crippen LogP contribution in [0.5, 0.6) is 0 Å². The largest absolute Gasteiger partial charge is 0.335 e. The van der Waals surface area contributed by atoms with E-state index in [-0.39, 0.29) is 71.5 Å². The minimum atomic E-state index is -3.80. The molecule has 11 heteroatoms. The predicted molar refractivity (Wildman–Crippen MR) is 96.6 cm³/mol. The van der Waals surface area contributed by atoms with E-state index in [0.717, 1.165) is 0 Å². The molecule has 1 N–H and O–H groups in total. The highest BCUT2D eigenvalue weighted by atomic mass is 35.5. The average Bonchev–Trinajstić information content (AvgIpc) is 2.64. The van der Waals surface area contributed by atoms with Gasteiger partial charge in [0.2, 0.25) is 15.9 Å². The first-order valence-electron chi connectivity index (χ1n) is 7.89. The van der Waals surface area contributed by atoms with Crippen LogP contribution in [-0.4, -0.2) is 61.3 Å². The number of nitrogens with zero attached hydrogens (tertiary/aromatic N) is 3. The van der Waals surface area contributed by atoms with Gasteiger partial charge in [0.05, 0.1) is 10.0 Å². The molecule has 0 unspecified atom stereocenters. The Morgan fingerprint density at radius 2 is 1.81 bits per heavy atom. The standard InChI is InChI=1S/C15H16Cl2N4O4S/c16-10-2-1-3-12(14(10)17)26(24,25)21-8-6-20(7-9-21)15(23)11-4-5-13(22)19-18-11/h1-3H,4-9H2,(H,19,22). The Hall–Kier alpha value is -1.68. The molecule has 3 rings (SSSR count). The van der Waals surface area contributed by atoms with Gasteiger partial charge in [0.25, 0.3) is 5.91 Å². The summed E-state index contributed by atoms with van der Waals surface area (Å²) < 4.78 is 26.8. The highest BCUT2D eigenvalue weighted by molar-refractivity contribution is 7.89. The molecule has 1 aromatic carbocycles. The van der Waals surface area contributed by atoms with Gasteiger partial charge < -0.3 is 4.90 Å². The average molecular weight is 419 g/mol. The fraction of sp³-hybridized carbons (Fsp3) is 0.400. The third-order valence-corrected chi connectivity index (χ3v) is 7.08. The molecule has 8 nitrogen and oxygen atoms in total. The van der Waals surface area contributed by atoms with Gasteiger partial charge in [-0.25, -0.2) is 13.8 Å². The number of hydrazone groups is 1. The minimum Gasteiger partial charge on any atom is -0.335 e. The zero-order chi connectivity index (χ0) is 18.9. The van der Waals surface area contributed by atoms with Crippen molar-refractivity contribution in [3.05, 3.63) is 28.2 Å². The molecule has 2 aliphatic heterocycles. The van der Waals surface area contributed by atoms with E-state index in [4.69, 9.17) is 23.2 Å². The Kier molecular flexibility index (Phi) is 5.52. The number of carbonyl (C=O) groups is 2. The number of sulfonamides is 1. The number of amides is 2. The fourth-order valence-electron chi connectivity index (χ4n) is 2.76. The normalized spacial score (nSPS) is 19.1. The van der Waals surface area contributed by atoms with Crippen molar-refractivity contribution >= 4 is 50.8 Å². The molecule has 0 radical (unpaired) electrons. The molecule has 0 bridgehead atoms. The quantitative estimate of drug-likeness (QED) is 0.793. The van der Waals surface area contributed by atoms with Crippen molar-refractivity contribution in [2.24, 2.45) is 5.10 Å². The summed E-state index contributed by atoms with van der Waals surface area (Å²) >= 11 is 11.9. The van der Waals surface area contributed by atoms with Crippen LogP contribution in [-0.2, 0) is 19.6 Å². The van der Waals surface area contributed by atoms with Crippen molar-refractivity contribution in [1.82, 2.24) is 14.6 Å². The Morgan fingerprint density at radius 3 is 2.42 bits per heavy atom. The van der Waals surface area contributed by atoms with E-state index in [1.807, 2.05) is 0 Å². The van der Waals surface area contributed by atoms with Crippen LogP contribution >= 0.6 is 23.2 Å². The van der Waals surface area contributed by atoms with Crippen molar-refractivity contribution in [3.63, 3.8) is 0 Å². The summed E-state index contributed by atoms with van der Waals surface area (Å²) in [6.07, 6.45) is 0.494. The Labute approximate surface area is 160 Å².